The molecule has 0 unspecified atom stereocenters. The van der Waals surface area contributed by atoms with E-state index < -0.39 is 0 Å². The first kappa shape index (κ1) is 19.7. The molecule has 0 spiro atoms. The highest BCUT2D eigenvalue weighted by Crippen LogP contribution is 2.30. The molecule has 2 fully saturated rings. The lowest BCUT2D eigenvalue weighted by Gasteiger charge is -2.33. The van der Waals surface area contributed by atoms with Gasteiger partial charge in [-0.3, -0.25) is 9.59 Å². The second kappa shape index (κ2) is 8.39. The van der Waals surface area contributed by atoms with Gasteiger partial charge in [0.15, 0.2) is 0 Å². The number of hydrogen-bond donors (Lipinski definition) is 1. The molecule has 3 heterocycles. The molecule has 2 amide bonds. The molecule has 0 aliphatic carbocycles. The van der Waals surface area contributed by atoms with E-state index in [1.54, 1.807) is 29.3 Å². The van der Waals surface area contributed by atoms with Crippen molar-refractivity contribution in [2.45, 2.75) is 12.8 Å². The number of piperazine rings is 1. The normalized spacial score (nSPS) is 17.7. The van der Waals surface area contributed by atoms with Gasteiger partial charge < -0.3 is 20.0 Å². The van der Waals surface area contributed by atoms with E-state index in [0.717, 1.165) is 38.4 Å². The Balaban J connectivity index is 1.45. The lowest BCUT2D eigenvalue weighted by molar-refractivity contribution is -0.117. The van der Waals surface area contributed by atoms with Gasteiger partial charge in [-0.25, -0.2) is 4.98 Å². The van der Waals surface area contributed by atoms with Gasteiger partial charge in [0.1, 0.15) is 5.82 Å². The lowest BCUT2D eigenvalue weighted by Crippen LogP contribution is -2.44. The highest BCUT2D eigenvalue weighted by molar-refractivity contribution is 6.34. The van der Waals surface area contributed by atoms with Crippen LogP contribution in [0, 0.1) is 0 Å². The Morgan fingerprint density at radius 3 is 2.55 bits per heavy atom. The summed E-state index contributed by atoms with van der Waals surface area (Å²) >= 11 is 6.26. The maximum atomic E-state index is 12.7. The van der Waals surface area contributed by atoms with Crippen molar-refractivity contribution in [3.05, 3.63) is 47.1 Å². The smallest absolute Gasteiger partial charge is 0.255 e. The number of halogens is 1. The number of rotatable bonds is 4. The minimum absolute atomic E-state index is 0.0353. The van der Waals surface area contributed by atoms with E-state index in [1.807, 2.05) is 12.1 Å². The predicted octanol–water partition coefficient (Wildman–Crippen LogP) is 2.87. The van der Waals surface area contributed by atoms with Crippen LogP contribution >= 0.6 is 11.6 Å². The fourth-order valence-corrected chi connectivity index (χ4v) is 3.87. The number of aromatic nitrogens is 1. The zero-order valence-electron chi connectivity index (χ0n) is 16.4. The third-order valence-electron chi connectivity index (χ3n) is 5.41. The third kappa shape index (κ3) is 4.36. The van der Waals surface area contributed by atoms with Crippen LogP contribution in [0.3, 0.4) is 0 Å². The van der Waals surface area contributed by atoms with Crippen LogP contribution in [0.5, 0.6) is 0 Å². The molecule has 2 aliphatic rings. The Morgan fingerprint density at radius 1 is 1.10 bits per heavy atom. The molecule has 0 atom stereocenters. The molecule has 1 aromatic heterocycles. The number of pyridine rings is 1. The Kier molecular flexibility index (Phi) is 5.69. The summed E-state index contributed by atoms with van der Waals surface area (Å²) in [5.41, 5.74) is 1.67. The Labute approximate surface area is 175 Å². The van der Waals surface area contributed by atoms with Crippen LogP contribution in [0.4, 0.5) is 17.2 Å². The highest BCUT2D eigenvalue weighted by Gasteiger charge is 2.24. The summed E-state index contributed by atoms with van der Waals surface area (Å²) < 4.78 is 0. The van der Waals surface area contributed by atoms with Gasteiger partial charge >= 0.3 is 0 Å². The summed E-state index contributed by atoms with van der Waals surface area (Å²) in [6.45, 7) is 4.54. The van der Waals surface area contributed by atoms with Gasteiger partial charge in [0, 0.05) is 44.7 Å². The molecule has 29 heavy (non-hydrogen) atoms. The van der Waals surface area contributed by atoms with E-state index >= 15 is 0 Å². The van der Waals surface area contributed by atoms with Crippen molar-refractivity contribution in [3.8, 4) is 0 Å². The molecule has 2 saturated heterocycles. The Morgan fingerprint density at radius 2 is 1.90 bits per heavy atom. The summed E-state index contributed by atoms with van der Waals surface area (Å²) in [6.07, 6.45) is 2.99. The van der Waals surface area contributed by atoms with E-state index in [1.165, 1.54) is 0 Å². The number of nitrogens with zero attached hydrogens (tertiary/aromatic N) is 4. The van der Waals surface area contributed by atoms with E-state index in [9.17, 15) is 9.59 Å². The van der Waals surface area contributed by atoms with Crippen molar-refractivity contribution in [1.82, 2.24) is 9.88 Å². The van der Waals surface area contributed by atoms with Crippen LogP contribution < -0.4 is 15.1 Å². The number of benzene rings is 1. The van der Waals surface area contributed by atoms with Gasteiger partial charge in [-0.1, -0.05) is 11.6 Å². The standard InChI is InChI=1S/C21H24ClN5O2/c1-25-9-11-26(12-10-25)19-7-5-16(14-23-19)24-21(29)15-4-6-17(22)18(13-15)27-8-2-3-20(27)28/h4-7,13-14H,2-3,8-12H2,1H3,(H,24,29). The summed E-state index contributed by atoms with van der Waals surface area (Å²) in [5.74, 6) is 0.689. The monoisotopic (exact) mass is 413 g/mol. The number of hydrogen-bond acceptors (Lipinski definition) is 5. The number of anilines is 3. The molecular formula is C21H24ClN5O2. The molecule has 4 rings (SSSR count). The summed E-state index contributed by atoms with van der Waals surface area (Å²) in [4.78, 5) is 35.4. The molecule has 1 N–H and O–H groups in total. The minimum atomic E-state index is -0.260. The van der Waals surface area contributed by atoms with Gasteiger partial charge in [0.25, 0.3) is 5.91 Å². The molecular weight excluding hydrogens is 390 g/mol. The van der Waals surface area contributed by atoms with Crippen molar-refractivity contribution < 1.29 is 9.59 Å². The van der Waals surface area contributed by atoms with Gasteiger partial charge in [-0.05, 0) is 43.8 Å². The Bertz CT molecular complexity index is 910. The van der Waals surface area contributed by atoms with Gasteiger partial charge in [0.05, 0.1) is 22.6 Å². The van der Waals surface area contributed by atoms with Crippen LogP contribution in [0.1, 0.15) is 23.2 Å². The third-order valence-corrected chi connectivity index (χ3v) is 5.73. The Hall–Kier alpha value is -2.64. The molecule has 0 radical (unpaired) electrons. The molecule has 2 aromatic rings. The fourth-order valence-electron chi connectivity index (χ4n) is 3.65. The first-order valence-corrected chi connectivity index (χ1v) is 10.2. The lowest BCUT2D eigenvalue weighted by atomic mass is 10.1. The average molecular weight is 414 g/mol. The van der Waals surface area contributed by atoms with E-state index in [2.05, 4.69) is 27.1 Å². The van der Waals surface area contributed by atoms with Gasteiger partial charge in [-0.15, -0.1) is 0 Å². The number of nitrogens with one attached hydrogen (secondary N) is 1. The quantitative estimate of drug-likeness (QED) is 0.834. The first-order valence-electron chi connectivity index (χ1n) is 9.82. The number of carbonyl (C=O) groups excluding carboxylic acids is 2. The predicted molar refractivity (Wildman–Crippen MR) is 115 cm³/mol. The summed E-state index contributed by atoms with van der Waals surface area (Å²) in [6, 6.07) is 8.78. The fraction of sp³-hybridized carbons (Fsp3) is 0.381. The largest absolute Gasteiger partial charge is 0.354 e. The van der Waals surface area contributed by atoms with Crippen molar-refractivity contribution >= 4 is 40.6 Å². The molecule has 0 saturated carbocycles. The SMILES string of the molecule is CN1CCN(c2ccc(NC(=O)c3ccc(Cl)c(N4CCCC4=O)c3)cn2)CC1. The second-order valence-electron chi connectivity index (χ2n) is 7.46. The maximum Gasteiger partial charge on any atom is 0.255 e. The van der Waals surface area contributed by atoms with E-state index in [-0.39, 0.29) is 11.8 Å². The summed E-state index contributed by atoms with van der Waals surface area (Å²) in [7, 11) is 2.12. The van der Waals surface area contributed by atoms with Crippen LogP contribution in [-0.4, -0.2) is 61.5 Å². The topological polar surface area (TPSA) is 68.8 Å². The molecule has 152 valence electrons. The molecule has 2 aliphatic heterocycles. The maximum absolute atomic E-state index is 12.7. The van der Waals surface area contributed by atoms with E-state index in [0.29, 0.717) is 34.9 Å². The number of likely N-dealkylation sites (N-methyl/N-ethyl adjacent to an activating group) is 1. The van der Waals surface area contributed by atoms with Gasteiger partial charge in [-0.2, -0.15) is 0 Å². The van der Waals surface area contributed by atoms with Crippen molar-refractivity contribution in [1.29, 1.82) is 0 Å². The average Bonchev–Trinajstić information content (AvgIpc) is 3.15. The zero-order chi connectivity index (χ0) is 20.4. The zero-order valence-corrected chi connectivity index (χ0v) is 17.2. The van der Waals surface area contributed by atoms with Crippen LogP contribution in [0.2, 0.25) is 5.02 Å². The molecule has 0 bridgehead atoms. The summed E-state index contributed by atoms with van der Waals surface area (Å²) in [5, 5.41) is 3.34. The van der Waals surface area contributed by atoms with Crippen molar-refractivity contribution in [3.63, 3.8) is 0 Å². The second-order valence-corrected chi connectivity index (χ2v) is 7.87. The van der Waals surface area contributed by atoms with Crippen molar-refractivity contribution in [2.75, 3.05) is 54.9 Å². The highest BCUT2D eigenvalue weighted by atomic mass is 35.5. The molecule has 8 heteroatoms. The molecule has 7 nitrogen and oxygen atoms in total. The molecule has 1 aromatic carbocycles. The van der Waals surface area contributed by atoms with Crippen molar-refractivity contribution in [2.24, 2.45) is 0 Å². The number of amides is 2. The van der Waals surface area contributed by atoms with Crippen LogP contribution in [0.15, 0.2) is 36.5 Å². The minimum Gasteiger partial charge on any atom is -0.354 e. The number of carbonyl (C=O) groups is 2. The van der Waals surface area contributed by atoms with E-state index in [4.69, 9.17) is 11.6 Å². The van der Waals surface area contributed by atoms with Crippen LogP contribution in [0.25, 0.3) is 0 Å². The van der Waals surface area contributed by atoms with Gasteiger partial charge in [0.2, 0.25) is 5.91 Å². The first-order chi connectivity index (χ1) is 14.0. The van der Waals surface area contributed by atoms with Crippen LogP contribution in [-0.2, 0) is 4.79 Å².